The van der Waals surface area contributed by atoms with E-state index in [4.69, 9.17) is 15.6 Å². The lowest BCUT2D eigenvalue weighted by molar-refractivity contribution is 0.0526. The van der Waals surface area contributed by atoms with Crippen LogP contribution in [0.4, 0.5) is 0 Å². The average molecular weight is 260 g/mol. The molecule has 0 aliphatic heterocycles. The first kappa shape index (κ1) is 15.9. The van der Waals surface area contributed by atoms with Gasteiger partial charge in [0.1, 0.15) is 0 Å². The van der Waals surface area contributed by atoms with Crippen molar-refractivity contribution >= 4 is 18.4 Å². The topological polar surface area (TPSA) is 72.5 Å². The standard InChI is InChI=1S/C12H17NO3.ClH/c1-2-16-12(15)10-5-3-9(4-6-10)7-11(13)8-14;/h3-6,11,14H,2,7-8,13H2,1H3;1H. The van der Waals surface area contributed by atoms with Gasteiger partial charge in [-0.15, -0.1) is 12.4 Å². The molecule has 0 saturated carbocycles. The van der Waals surface area contributed by atoms with Gasteiger partial charge in [-0.25, -0.2) is 4.79 Å². The second-order valence-corrected chi connectivity index (χ2v) is 3.56. The maximum absolute atomic E-state index is 11.3. The summed E-state index contributed by atoms with van der Waals surface area (Å²) in [6.07, 6.45) is 0.597. The largest absolute Gasteiger partial charge is 0.462 e. The van der Waals surface area contributed by atoms with E-state index in [2.05, 4.69) is 0 Å². The van der Waals surface area contributed by atoms with Gasteiger partial charge in [0.05, 0.1) is 18.8 Å². The third-order valence-corrected chi connectivity index (χ3v) is 2.20. The molecule has 1 aromatic carbocycles. The molecule has 0 aliphatic rings. The lowest BCUT2D eigenvalue weighted by atomic mass is 10.1. The second kappa shape index (κ2) is 8.06. The van der Waals surface area contributed by atoms with Crippen molar-refractivity contribution in [3.63, 3.8) is 0 Å². The number of carbonyl (C=O) groups excluding carboxylic acids is 1. The monoisotopic (exact) mass is 259 g/mol. The van der Waals surface area contributed by atoms with Gasteiger partial charge in [0.2, 0.25) is 0 Å². The molecule has 0 fully saturated rings. The van der Waals surface area contributed by atoms with E-state index in [0.717, 1.165) is 5.56 Å². The normalized spacial score (nSPS) is 11.5. The summed E-state index contributed by atoms with van der Waals surface area (Å²) in [6.45, 7) is 2.10. The van der Waals surface area contributed by atoms with Gasteiger partial charge in [-0.2, -0.15) is 0 Å². The van der Waals surface area contributed by atoms with Crippen LogP contribution in [-0.2, 0) is 11.2 Å². The Morgan fingerprint density at radius 1 is 1.41 bits per heavy atom. The van der Waals surface area contributed by atoms with Crippen LogP contribution in [0.15, 0.2) is 24.3 Å². The summed E-state index contributed by atoms with van der Waals surface area (Å²) in [6, 6.07) is 6.80. The van der Waals surface area contributed by atoms with Crippen LogP contribution < -0.4 is 5.73 Å². The van der Waals surface area contributed by atoms with E-state index >= 15 is 0 Å². The van der Waals surface area contributed by atoms with Crippen molar-refractivity contribution in [1.29, 1.82) is 0 Å². The molecule has 0 saturated heterocycles. The van der Waals surface area contributed by atoms with Crippen LogP contribution in [0.3, 0.4) is 0 Å². The highest BCUT2D eigenvalue weighted by Crippen LogP contribution is 2.07. The number of esters is 1. The summed E-state index contributed by atoms with van der Waals surface area (Å²) in [5.41, 5.74) is 7.13. The molecule has 96 valence electrons. The van der Waals surface area contributed by atoms with Crippen LogP contribution in [0.5, 0.6) is 0 Å². The fourth-order valence-corrected chi connectivity index (χ4v) is 1.36. The van der Waals surface area contributed by atoms with E-state index in [0.29, 0.717) is 18.6 Å². The van der Waals surface area contributed by atoms with Gasteiger partial charge < -0.3 is 15.6 Å². The minimum atomic E-state index is -0.319. The molecular weight excluding hydrogens is 242 g/mol. The molecular formula is C12H18ClNO3. The maximum Gasteiger partial charge on any atom is 0.338 e. The molecule has 1 rings (SSSR count). The molecule has 5 heteroatoms. The van der Waals surface area contributed by atoms with Crippen molar-refractivity contribution in [2.24, 2.45) is 5.73 Å². The lowest BCUT2D eigenvalue weighted by Gasteiger charge is -2.08. The number of ether oxygens (including phenoxy) is 1. The van der Waals surface area contributed by atoms with Gasteiger partial charge >= 0.3 is 5.97 Å². The minimum Gasteiger partial charge on any atom is -0.462 e. The average Bonchev–Trinajstić information content (AvgIpc) is 2.30. The van der Waals surface area contributed by atoms with E-state index in [1.54, 1.807) is 19.1 Å². The van der Waals surface area contributed by atoms with Gasteiger partial charge in [0.15, 0.2) is 0 Å². The Morgan fingerprint density at radius 2 is 2.00 bits per heavy atom. The minimum absolute atomic E-state index is 0. The lowest BCUT2D eigenvalue weighted by Crippen LogP contribution is -2.26. The van der Waals surface area contributed by atoms with Crippen LogP contribution in [0.2, 0.25) is 0 Å². The highest BCUT2D eigenvalue weighted by Gasteiger charge is 2.07. The molecule has 17 heavy (non-hydrogen) atoms. The number of nitrogens with two attached hydrogens (primary N) is 1. The molecule has 3 N–H and O–H groups in total. The number of rotatable bonds is 5. The SMILES string of the molecule is CCOC(=O)c1ccc(CC(N)CO)cc1.Cl. The van der Waals surface area contributed by atoms with Crippen molar-refractivity contribution in [1.82, 2.24) is 0 Å². The van der Waals surface area contributed by atoms with Crippen molar-refractivity contribution in [2.75, 3.05) is 13.2 Å². The first-order valence-corrected chi connectivity index (χ1v) is 5.30. The molecule has 1 atom stereocenters. The summed E-state index contributed by atoms with van der Waals surface area (Å²) < 4.78 is 4.87. The number of hydrogen-bond acceptors (Lipinski definition) is 4. The number of halogens is 1. The van der Waals surface area contributed by atoms with Gasteiger partial charge in [0, 0.05) is 6.04 Å². The van der Waals surface area contributed by atoms with Crippen molar-refractivity contribution in [2.45, 2.75) is 19.4 Å². The zero-order valence-electron chi connectivity index (χ0n) is 9.76. The van der Waals surface area contributed by atoms with Crippen molar-refractivity contribution < 1.29 is 14.6 Å². The Morgan fingerprint density at radius 3 is 2.47 bits per heavy atom. The Kier molecular flexibility index (Phi) is 7.54. The molecule has 0 bridgehead atoms. The van der Waals surface area contributed by atoms with Gasteiger partial charge in [-0.05, 0) is 31.0 Å². The molecule has 0 spiro atoms. The van der Waals surface area contributed by atoms with Crippen molar-refractivity contribution in [3.05, 3.63) is 35.4 Å². The number of carbonyl (C=O) groups is 1. The zero-order valence-corrected chi connectivity index (χ0v) is 10.6. The first-order valence-electron chi connectivity index (χ1n) is 5.30. The quantitative estimate of drug-likeness (QED) is 0.778. The van der Waals surface area contributed by atoms with E-state index in [1.165, 1.54) is 0 Å². The van der Waals surface area contributed by atoms with Crippen LogP contribution in [0.25, 0.3) is 0 Å². The Balaban J connectivity index is 0.00000256. The van der Waals surface area contributed by atoms with E-state index < -0.39 is 0 Å². The maximum atomic E-state index is 11.3. The van der Waals surface area contributed by atoms with E-state index in [9.17, 15) is 4.79 Å². The van der Waals surface area contributed by atoms with Crippen LogP contribution >= 0.6 is 12.4 Å². The van der Waals surface area contributed by atoms with Gasteiger partial charge in [-0.3, -0.25) is 0 Å². The molecule has 0 radical (unpaired) electrons. The Hall–Kier alpha value is -1.10. The fourth-order valence-electron chi connectivity index (χ4n) is 1.36. The first-order chi connectivity index (χ1) is 7.67. The van der Waals surface area contributed by atoms with Gasteiger partial charge in [0.25, 0.3) is 0 Å². The number of hydrogen-bond donors (Lipinski definition) is 2. The summed E-state index contributed by atoms with van der Waals surface area (Å²) in [7, 11) is 0. The Bertz CT molecular complexity index is 340. The third-order valence-electron chi connectivity index (χ3n) is 2.20. The number of aliphatic hydroxyl groups is 1. The highest BCUT2D eigenvalue weighted by atomic mass is 35.5. The molecule has 1 aromatic rings. The predicted octanol–water partition coefficient (Wildman–Crippen LogP) is 1.15. The predicted molar refractivity (Wildman–Crippen MR) is 68.4 cm³/mol. The Labute approximate surface area is 107 Å². The number of benzene rings is 1. The molecule has 0 aliphatic carbocycles. The fraction of sp³-hybridized carbons (Fsp3) is 0.417. The van der Waals surface area contributed by atoms with Crippen LogP contribution in [0.1, 0.15) is 22.8 Å². The third kappa shape index (κ3) is 5.17. The molecule has 0 amide bonds. The summed E-state index contributed by atoms with van der Waals surface area (Å²) in [4.78, 5) is 11.3. The summed E-state index contributed by atoms with van der Waals surface area (Å²) in [5, 5.41) is 8.81. The smallest absolute Gasteiger partial charge is 0.338 e. The van der Waals surface area contributed by atoms with Crippen LogP contribution in [-0.4, -0.2) is 30.3 Å². The summed E-state index contributed by atoms with van der Waals surface area (Å²) in [5.74, 6) is -0.319. The van der Waals surface area contributed by atoms with Crippen LogP contribution in [0, 0.1) is 0 Å². The molecule has 1 unspecified atom stereocenters. The summed E-state index contributed by atoms with van der Waals surface area (Å²) >= 11 is 0. The van der Waals surface area contributed by atoms with E-state index in [1.807, 2.05) is 12.1 Å². The second-order valence-electron chi connectivity index (χ2n) is 3.56. The van der Waals surface area contributed by atoms with Gasteiger partial charge in [-0.1, -0.05) is 12.1 Å². The highest BCUT2D eigenvalue weighted by molar-refractivity contribution is 5.89. The molecule has 4 nitrogen and oxygen atoms in total. The van der Waals surface area contributed by atoms with Crippen molar-refractivity contribution in [3.8, 4) is 0 Å². The molecule has 0 heterocycles. The van der Waals surface area contributed by atoms with E-state index in [-0.39, 0.29) is 31.0 Å². The number of aliphatic hydroxyl groups excluding tert-OH is 1. The molecule has 0 aromatic heterocycles. The zero-order chi connectivity index (χ0) is 12.0.